The van der Waals surface area contributed by atoms with Gasteiger partial charge in [-0.1, -0.05) is 12.1 Å². The zero-order valence-corrected chi connectivity index (χ0v) is 10.1. The summed E-state index contributed by atoms with van der Waals surface area (Å²) in [6.07, 6.45) is -11.1. The lowest BCUT2D eigenvalue weighted by molar-refractivity contribution is -0.292. The Kier molecular flexibility index (Phi) is 4.65. The number of benzene rings is 1. The van der Waals surface area contributed by atoms with Crippen molar-refractivity contribution in [1.82, 2.24) is 5.43 Å². The molecular formula is C11H11F7N2. The fourth-order valence-corrected chi connectivity index (χ4v) is 1.81. The molecule has 2 nitrogen and oxygen atoms in total. The summed E-state index contributed by atoms with van der Waals surface area (Å²) >= 11 is 0. The number of aryl methyl sites for hydroxylation is 1. The normalized spacial score (nSPS) is 14.7. The molecule has 0 aliphatic heterocycles. The van der Waals surface area contributed by atoms with Crippen LogP contribution in [0.1, 0.15) is 17.2 Å². The largest absolute Gasteiger partial charge is 0.402 e. The molecule has 1 unspecified atom stereocenters. The lowest BCUT2D eigenvalue weighted by atomic mass is 9.91. The smallest absolute Gasteiger partial charge is 0.271 e. The molecule has 0 spiro atoms. The predicted octanol–water partition coefficient (Wildman–Crippen LogP) is 3.38. The van der Waals surface area contributed by atoms with Gasteiger partial charge in [0.25, 0.3) is 0 Å². The molecule has 1 aromatic rings. The van der Waals surface area contributed by atoms with Crippen molar-refractivity contribution < 1.29 is 30.7 Å². The van der Waals surface area contributed by atoms with E-state index in [9.17, 15) is 30.7 Å². The van der Waals surface area contributed by atoms with Gasteiger partial charge in [-0.25, -0.2) is 4.39 Å². The quantitative estimate of drug-likeness (QED) is 0.510. The number of nitrogens with two attached hydrogens (primary N) is 1. The Morgan fingerprint density at radius 2 is 1.55 bits per heavy atom. The Bertz CT molecular complexity index is 453. The van der Waals surface area contributed by atoms with E-state index in [1.165, 1.54) is 12.3 Å². The Balaban J connectivity index is 3.30. The van der Waals surface area contributed by atoms with E-state index in [1.54, 1.807) is 0 Å². The van der Waals surface area contributed by atoms with Crippen LogP contribution < -0.4 is 11.3 Å². The lowest BCUT2D eigenvalue weighted by Gasteiger charge is -2.30. The van der Waals surface area contributed by atoms with E-state index in [1.807, 2.05) is 0 Å². The first-order valence-electron chi connectivity index (χ1n) is 5.34. The van der Waals surface area contributed by atoms with Gasteiger partial charge in [0, 0.05) is 0 Å². The lowest BCUT2D eigenvalue weighted by Crippen LogP contribution is -2.47. The number of hydrogen-bond donors (Lipinski definition) is 2. The molecule has 0 aliphatic rings. The highest BCUT2D eigenvalue weighted by Gasteiger charge is 2.60. The van der Waals surface area contributed by atoms with Crippen LogP contribution in [0.5, 0.6) is 0 Å². The van der Waals surface area contributed by atoms with Crippen molar-refractivity contribution in [3.63, 3.8) is 0 Å². The molecule has 114 valence electrons. The van der Waals surface area contributed by atoms with Gasteiger partial charge in [-0.3, -0.25) is 11.3 Å². The molecule has 1 rings (SSSR count). The summed E-state index contributed by atoms with van der Waals surface area (Å²) < 4.78 is 88.8. The van der Waals surface area contributed by atoms with Crippen molar-refractivity contribution in [1.29, 1.82) is 0 Å². The third-order valence-corrected chi connectivity index (χ3v) is 2.76. The van der Waals surface area contributed by atoms with Crippen LogP contribution in [0, 0.1) is 18.7 Å². The monoisotopic (exact) mass is 304 g/mol. The molecule has 0 saturated carbocycles. The Labute approximate surface area is 109 Å². The van der Waals surface area contributed by atoms with Crippen molar-refractivity contribution in [2.75, 3.05) is 0 Å². The maximum Gasteiger partial charge on any atom is 0.402 e. The first kappa shape index (κ1) is 16.7. The van der Waals surface area contributed by atoms with Crippen molar-refractivity contribution in [3.8, 4) is 0 Å². The number of alkyl halides is 6. The van der Waals surface area contributed by atoms with Gasteiger partial charge < -0.3 is 0 Å². The summed E-state index contributed by atoms with van der Waals surface area (Å²) in [6, 6.07) is 0.259. The molecule has 0 aromatic heterocycles. The summed E-state index contributed by atoms with van der Waals surface area (Å²) in [5, 5.41) is 0. The van der Waals surface area contributed by atoms with Gasteiger partial charge in [-0.05, 0) is 24.1 Å². The standard InChI is InChI=1S/C11H11F7N2/c1-5-4-6(2-3-7(5)12)8(20-19)9(10(13,14)15)11(16,17)18/h2-4,8-9,20H,19H2,1H3. The highest BCUT2D eigenvalue weighted by molar-refractivity contribution is 5.27. The number of hydrazine groups is 1. The van der Waals surface area contributed by atoms with Gasteiger partial charge in [0.1, 0.15) is 5.82 Å². The second-order valence-electron chi connectivity index (χ2n) is 4.21. The van der Waals surface area contributed by atoms with Gasteiger partial charge in [-0.2, -0.15) is 26.3 Å². The van der Waals surface area contributed by atoms with Crippen LogP contribution >= 0.6 is 0 Å². The highest BCUT2D eigenvalue weighted by Crippen LogP contribution is 2.46. The van der Waals surface area contributed by atoms with Crippen LogP contribution in [-0.2, 0) is 0 Å². The second-order valence-corrected chi connectivity index (χ2v) is 4.21. The Morgan fingerprint density at radius 3 is 1.90 bits per heavy atom. The highest BCUT2D eigenvalue weighted by atomic mass is 19.4. The van der Waals surface area contributed by atoms with Crippen molar-refractivity contribution in [3.05, 3.63) is 35.1 Å². The molecule has 0 saturated heterocycles. The number of halogens is 7. The molecule has 3 N–H and O–H groups in total. The molecule has 1 aromatic carbocycles. The average Bonchev–Trinajstić information content (AvgIpc) is 2.26. The van der Waals surface area contributed by atoms with E-state index in [0.29, 0.717) is 0 Å². The van der Waals surface area contributed by atoms with Gasteiger partial charge >= 0.3 is 12.4 Å². The van der Waals surface area contributed by atoms with Crippen LogP contribution in [-0.4, -0.2) is 12.4 Å². The fraction of sp³-hybridized carbons (Fsp3) is 0.455. The van der Waals surface area contributed by atoms with Gasteiger partial charge in [0.05, 0.1) is 6.04 Å². The van der Waals surface area contributed by atoms with Gasteiger partial charge in [0.15, 0.2) is 5.92 Å². The molecular weight excluding hydrogens is 293 g/mol. The minimum Gasteiger partial charge on any atom is -0.271 e. The second kappa shape index (κ2) is 5.57. The Morgan fingerprint density at radius 1 is 1.05 bits per heavy atom. The molecule has 0 bridgehead atoms. The van der Waals surface area contributed by atoms with Crippen LogP contribution in [0.2, 0.25) is 0 Å². The third kappa shape index (κ3) is 3.60. The molecule has 0 amide bonds. The zero-order chi connectivity index (χ0) is 15.7. The molecule has 0 fully saturated rings. The molecule has 9 heteroatoms. The van der Waals surface area contributed by atoms with Crippen LogP contribution in [0.4, 0.5) is 30.7 Å². The van der Waals surface area contributed by atoms with Crippen molar-refractivity contribution in [2.24, 2.45) is 11.8 Å². The van der Waals surface area contributed by atoms with Crippen molar-refractivity contribution in [2.45, 2.75) is 25.3 Å². The summed E-state index contributed by atoms with van der Waals surface area (Å²) in [7, 11) is 0. The van der Waals surface area contributed by atoms with E-state index < -0.39 is 35.7 Å². The summed E-state index contributed by atoms with van der Waals surface area (Å²) in [6.45, 7) is 1.22. The minimum atomic E-state index is -5.54. The maximum atomic E-state index is 13.0. The third-order valence-electron chi connectivity index (χ3n) is 2.76. The van der Waals surface area contributed by atoms with Gasteiger partial charge in [0.2, 0.25) is 0 Å². The zero-order valence-electron chi connectivity index (χ0n) is 10.1. The molecule has 20 heavy (non-hydrogen) atoms. The number of nitrogens with one attached hydrogen (secondary N) is 1. The topological polar surface area (TPSA) is 38.0 Å². The van der Waals surface area contributed by atoms with E-state index in [4.69, 9.17) is 5.84 Å². The molecule has 0 heterocycles. The van der Waals surface area contributed by atoms with Crippen LogP contribution in [0.15, 0.2) is 18.2 Å². The minimum absolute atomic E-state index is 0.0779. The summed E-state index contributed by atoms with van der Waals surface area (Å²) in [5.41, 5.74) is 1.04. The first-order valence-corrected chi connectivity index (χ1v) is 5.34. The Hall–Kier alpha value is -1.35. The predicted molar refractivity (Wildman–Crippen MR) is 56.8 cm³/mol. The fourth-order valence-electron chi connectivity index (χ4n) is 1.81. The van der Waals surface area contributed by atoms with Gasteiger partial charge in [-0.15, -0.1) is 0 Å². The SMILES string of the molecule is Cc1cc(C(NN)C(C(F)(F)F)C(F)(F)F)ccc1F. The summed E-state index contributed by atoms with van der Waals surface area (Å²) in [4.78, 5) is 0. The number of hydrogen-bond acceptors (Lipinski definition) is 2. The molecule has 1 atom stereocenters. The molecule has 0 radical (unpaired) electrons. The molecule has 0 aliphatic carbocycles. The number of rotatable bonds is 3. The van der Waals surface area contributed by atoms with E-state index >= 15 is 0 Å². The average molecular weight is 304 g/mol. The van der Waals surface area contributed by atoms with E-state index in [0.717, 1.165) is 18.2 Å². The first-order chi connectivity index (χ1) is 8.98. The van der Waals surface area contributed by atoms with E-state index in [-0.39, 0.29) is 5.56 Å². The van der Waals surface area contributed by atoms with E-state index in [2.05, 4.69) is 0 Å². The van der Waals surface area contributed by atoms with Crippen molar-refractivity contribution >= 4 is 0 Å². The van der Waals surface area contributed by atoms with Crippen LogP contribution in [0.3, 0.4) is 0 Å². The maximum absolute atomic E-state index is 13.0. The summed E-state index contributed by atoms with van der Waals surface area (Å²) in [5.74, 6) is 0.417. The van der Waals surface area contributed by atoms with Crippen LogP contribution in [0.25, 0.3) is 0 Å².